The topological polar surface area (TPSA) is 42.7 Å². The molecular weight excluding hydrogens is 296 g/mol. The molecule has 0 amide bonds. The van der Waals surface area contributed by atoms with Gasteiger partial charge in [0.25, 0.3) is 0 Å². The van der Waals surface area contributed by atoms with E-state index in [-0.39, 0.29) is 0 Å². The number of benzene rings is 2. The zero-order valence-corrected chi connectivity index (χ0v) is 13.3. The van der Waals surface area contributed by atoms with Gasteiger partial charge in [-0.15, -0.1) is 0 Å². The maximum Gasteiger partial charge on any atom is 0.145 e. The van der Waals surface area contributed by atoms with Crippen LogP contribution in [-0.4, -0.2) is 14.5 Å². The molecule has 2 aromatic carbocycles. The van der Waals surface area contributed by atoms with Crippen molar-refractivity contribution in [1.82, 2.24) is 14.5 Å². The number of imidazole rings is 1. The number of nitrogens with one attached hydrogen (secondary N) is 1. The van der Waals surface area contributed by atoms with Gasteiger partial charge in [0.2, 0.25) is 0 Å². The molecule has 1 aliphatic heterocycles. The van der Waals surface area contributed by atoms with Gasteiger partial charge in [-0.3, -0.25) is 9.55 Å². The molecule has 4 nitrogen and oxygen atoms in total. The molecule has 1 aliphatic rings. The molecule has 1 N–H and O–H groups in total. The molecule has 2 aromatic heterocycles. The fraction of sp³-hybridized carbons (Fsp3) is 0.100. The smallest absolute Gasteiger partial charge is 0.145 e. The van der Waals surface area contributed by atoms with Crippen molar-refractivity contribution in [2.75, 3.05) is 5.32 Å². The molecule has 0 bridgehead atoms. The average molecular weight is 312 g/mol. The van der Waals surface area contributed by atoms with Crippen LogP contribution in [0.1, 0.15) is 12.5 Å². The van der Waals surface area contributed by atoms with Crippen LogP contribution in [-0.2, 0) is 5.66 Å². The molecule has 0 unspecified atom stereocenters. The quantitative estimate of drug-likeness (QED) is 0.571. The molecule has 0 fully saturated rings. The number of pyridine rings is 1. The van der Waals surface area contributed by atoms with Gasteiger partial charge in [0.15, 0.2) is 0 Å². The third kappa shape index (κ3) is 1.68. The predicted molar refractivity (Wildman–Crippen MR) is 95.8 cm³/mol. The summed E-state index contributed by atoms with van der Waals surface area (Å²) >= 11 is 0. The molecule has 1 atom stereocenters. The first kappa shape index (κ1) is 13.3. The lowest BCUT2D eigenvalue weighted by Gasteiger charge is -2.39. The van der Waals surface area contributed by atoms with Gasteiger partial charge in [-0.1, -0.05) is 24.3 Å². The Morgan fingerprint density at radius 3 is 2.54 bits per heavy atom. The highest BCUT2D eigenvalue weighted by molar-refractivity contribution is 5.87. The first-order valence-corrected chi connectivity index (χ1v) is 8.03. The zero-order valence-electron chi connectivity index (χ0n) is 13.3. The monoisotopic (exact) mass is 312 g/mol. The van der Waals surface area contributed by atoms with Crippen LogP contribution < -0.4 is 5.32 Å². The number of nitrogens with zero attached hydrogens (tertiary/aromatic N) is 3. The van der Waals surface area contributed by atoms with Crippen molar-refractivity contribution in [1.29, 1.82) is 0 Å². The third-order valence-electron chi connectivity index (χ3n) is 4.80. The Morgan fingerprint density at radius 2 is 1.67 bits per heavy atom. The normalized spacial score (nSPS) is 18.7. The Hall–Kier alpha value is -3.14. The summed E-state index contributed by atoms with van der Waals surface area (Å²) < 4.78 is 2.29. The van der Waals surface area contributed by atoms with Crippen LogP contribution >= 0.6 is 0 Å². The second-order valence-corrected chi connectivity index (χ2v) is 6.24. The summed E-state index contributed by atoms with van der Waals surface area (Å²) in [5, 5.41) is 3.72. The molecule has 24 heavy (non-hydrogen) atoms. The van der Waals surface area contributed by atoms with Crippen LogP contribution in [0.5, 0.6) is 0 Å². The molecule has 0 aliphatic carbocycles. The van der Waals surface area contributed by atoms with Crippen molar-refractivity contribution in [2.45, 2.75) is 12.6 Å². The fourth-order valence-corrected chi connectivity index (χ4v) is 3.64. The van der Waals surface area contributed by atoms with Gasteiger partial charge < -0.3 is 5.32 Å². The summed E-state index contributed by atoms with van der Waals surface area (Å²) in [4.78, 5) is 9.09. The average Bonchev–Trinajstić information content (AvgIpc) is 3.03. The van der Waals surface area contributed by atoms with E-state index in [2.05, 4.69) is 76.4 Å². The van der Waals surface area contributed by atoms with Crippen LogP contribution in [0.2, 0.25) is 0 Å². The summed E-state index contributed by atoms with van der Waals surface area (Å²) in [6, 6.07) is 20.7. The van der Waals surface area contributed by atoms with E-state index in [1.807, 2.05) is 18.5 Å². The molecule has 0 saturated carbocycles. The van der Waals surface area contributed by atoms with E-state index in [9.17, 15) is 0 Å². The van der Waals surface area contributed by atoms with E-state index in [0.717, 1.165) is 33.7 Å². The van der Waals surface area contributed by atoms with Gasteiger partial charge in [0, 0.05) is 29.2 Å². The molecule has 116 valence electrons. The number of hydrogen-bond acceptors (Lipinski definition) is 3. The number of fused-ring (bicyclic) bond motifs is 5. The van der Waals surface area contributed by atoms with E-state index in [1.165, 1.54) is 0 Å². The molecule has 5 rings (SSSR count). The molecule has 0 spiro atoms. The molecule has 0 saturated heterocycles. The Kier molecular flexibility index (Phi) is 2.59. The minimum atomic E-state index is -0.428. The van der Waals surface area contributed by atoms with Crippen LogP contribution in [0.15, 0.2) is 73.1 Å². The molecule has 0 radical (unpaired) electrons. The van der Waals surface area contributed by atoms with Gasteiger partial charge in [-0.2, -0.15) is 0 Å². The van der Waals surface area contributed by atoms with Gasteiger partial charge in [0.05, 0.1) is 11.0 Å². The first-order chi connectivity index (χ1) is 11.8. The number of hydrogen-bond donors (Lipinski definition) is 1. The van der Waals surface area contributed by atoms with E-state index in [0.29, 0.717) is 0 Å². The number of aromatic nitrogens is 3. The maximum atomic E-state index is 4.92. The number of para-hydroxylation sites is 3. The Morgan fingerprint density at radius 1 is 0.917 bits per heavy atom. The standard InChI is InChI=1S/C20H16N4/c1-20(14-10-12-21-13-11-14)23-16-7-3-2-6-15(16)19-22-17-8-4-5-9-18(17)24(19)20/h2-13,23H,1H3/t20-/m0/s1. The second-order valence-electron chi connectivity index (χ2n) is 6.24. The predicted octanol–water partition coefficient (Wildman–Crippen LogP) is 4.24. The lowest BCUT2D eigenvalue weighted by molar-refractivity contribution is 0.462. The van der Waals surface area contributed by atoms with E-state index >= 15 is 0 Å². The molecule has 4 heteroatoms. The second kappa shape index (κ2) is 4.68. The SMILES string of the molecule is C[C@]1(c2ccncc2)Nc2ccccc2-c2nc3ccccc3n21. The largest absolute Gasteiger partial charge is 0.358 e. The van der Waals surface area contributed by atoms with Crippen LogP contribution in [0, 0.1) is 0 Å². The van der Waals surface area contributed by atoms with Crippen molar-refractivity contribution < 1.29 is 0 Å². The first-order valence-electron chi connectivity index (χ1n) is 8.03. The fourth-order valence-electron chi connectivity index (χ4n) is 3.64. The summed E-state index contributed by atoms with van der Waals surface area (Å²) in [6.45, 7) is 2.19. The van der Waals surface area contributed by atoms with Crippen LogP contribution in [0.4, 0.5) is 5.69 Å². The van der Waals surface area contributed by atoms with E-state index in [1.54, 1.807) is 0 Å². The molecule has 3 heterocycles. The van der Waals surface area contributed by atoms with E-state index in [4.69, 9.17) is 4.98 Å². The molecule has 4 aromatic rings. The number of rotatable bonds is 1. The van der Waals surface area contributed by atoms with E-state index < -0.39 is 5.66 Å². The zero-order chi connectivity index (χ0) is 16.1. The van der Waals surface area contributed by atoms with Crippen LogP contribution in [0.3, 0.4) is 0 Å². The summed E-state index contributed by atoms with van der Waals surface area (Å²) in [7, 11) is 0. The molecular formula is C20H16N4. The van der Waals surface area contributed by atoms with Gasteiger partial charge >= 0.3 is 0 Å². The van der Waals surface area contributed by atoms with Gasteiger partial charge in [-0.25, -0.2) is 4.98 Å². The minimum Gasteiger partial charge on any atom is -0.358 e. The van der Waals surface area contributed by atoms with Crippen molar-refractivity contribution in [3.63, 3.8) is 0 Å². The Bertz CT molecular complexity index is 1050. The highest BCUT2D eigenvalue weighted by Crippen LogP contribution is 2.43. The van der Waals surface area contributed by atoms with Crippen molar-refractivity contribution in [3.8, 4) is 11.4 Å². The van der Waals surface area contributed by atoms with Gasteiger partial charge in [0.1, 0.15) is 11.5 Å². The Balaban J connectivity index is 1.91. The summed E-state index contributed by atoms with van der Waals surface area (Å²) in [6.07, 6.45) is 3.67. The highest BCUT2D eigenvalue weighted by Gasteiger charge is 2.37. The van der Waals surface area contributed by atoms with Gasteiger partial charge in [-0.05, 0) is 43.3 Å². The minimum absolute atomic E-state index is 0.428. The highest BCUT2D eigenvalue weighted by atomic mass is 15.3. The summed E-state index contributed by atoms with van der Waals surface area (Å²) in [5.41, 5.74) is 5.07. The lowest BCUT2D eigenvalue weighted by atomic mass is 9.97. The van der Waals surface area contributed by atoms with Crippen molar-refractivity contribution in [3.05, 3.63) is 78.6 Å². The summed E-state index contributed by atoms with van der Waals surface area (Å²) in [5.74, 6) is 0.991. The van der Waals surface area contributed by atoms with Crippen molar-refractivity contribution in [2.24, 2.45) is 0 Å². The van der Waals surface area contributed by atoms with Crippen LogP contribution in [0.25, 0.3) is 22.4 Å². The number of anilines is 1. The van der Waals surface area contributed by atoms with Crippen molar-refractivity contribution >= 4 is 16.7 Å². The third-order valence-corrected chi connectivity index (χ3v) is 4.80. The Labute approximate surface area is 139 Å². The maximum absolute atomic E-state index is 4.92. The lowest BCUT2D eigenvalue weighted by Crippen LogP contribution is -2.42.